The largest absolute Gasteiger partial charge is 0.202 e. The van der Waals surface area contributed by atoms with Gasteiger partial charge in [-0.3, -0.25) is 0 Å². The SMILES string of the molecule is Fc1c(F)c(F)c(SC(Cl)(Cl)c2ccccc2)c(F)c1F. The van der Waals surface area contributed by atoms with Gasteiger partial charge in [-0.05, 0) is 5.56 Å². The first-order chi connectivity index (χ1) is 9.75. The van der Waals surface area contributed by atoms with Crippen LogP contribution in [0.15, 0.2) is 35.2 Å². The van der Waals surface area contributed by atoms with E-state index in [-0.39, 0.29) is 17.3 Å². The summed E-state index contributed by atoms with van der Waals surface area (Å²) in [6, 6.07) is 7.69. The van der Waals surface area contributed by atoms with Crippen LogP contribution in [0.5, 0.6) is 0 Å². The molecule has 0 spiro atoms. The molecule has 0 unspecified atom stereocenters. The van der Waals surface area contributed by atoms with Crippen molar-refractivity contribution in [1.82, 2.24) is 0 Å². The van der Waals surface area contributed by atoms with Crippen molar-refractivity contribution in [2.24, 2.45) is 0 Å². The van der Waals surface area contributed by atoms with Crippen molar-refractivity contribution in [1.29, 1.82) is 0 Å². The van der Waals surface area contributed by atoms with Gasteiger partial charge < -0.3 is 0 Å². The van der Waals surface area contributed by atoms with E-state index in [2.05, 4.69) is 0 Å². The molecule has 0 nitrogen and oxygen atoms in total. The zero-order valence-corrected chi connectivity index (χ0v) is 12.3. The van der Waals surface area contributed by atoms with Crippen molar-refractivity contribution in [3.05, 3.63) is 65.0 Å². The molecule has 0 heterocycles. The second-order valence-corrected chi connectivity index (χ2v) is 6.88. The van der Waals surface area contributed by atoms with Gasteiger partial charge in [0.1, 0.15) is 0 Å². The molecule has 2 rings (SSSR count). The van der Waals surface area contributed by atoms with Crippen molar-refractivity contribution in [2.45, 2.75) is 8.56 Å². The fraction of sp³-hybridized carbons (Fsp3) is 0.0769. The highest BCUT2D eigenvalue weighted by Crippen LogP contribution is 2.50. The maximum Gasteiger partial charge on any atom is 0.200 e. The molecule has 0 aliphatic carbocycles. The fourth-order valence-electron chi connectivity index (χ4n) is 1.49. The van der Waals surface area contributed by atoms with Gasteiger partial charge in [-0.1, -0.05) is 65.3 Å². The number of thioether (sulfide) groups is 1. The number of rotatable bonds is 3. The molecule has 8 heteroatoms. The second kappa shape index (κ2) is 6.02. The fourth-order valence-corrected chi connectivity index (χ4v) is 3.08. The van der Waals surface area contributed by atoms with Crippen LogP contribution < -0.4 is 0 Å². The van der Waals surface area contributed by atoms with Gasteiger partial charge in [-0.15, -0.1) is 0 Å². The molecular weight excluding hydrogens is 354 g/mol. The van der Waals surface area contributed by atoms with Crippen molar-refractivity contribution in [3.8, 4) is 0 Å². The van der Waals surface area contributed by atoms with E-state index in [4.69, 9.17) is 23.2 Å². The van der Waals surface area contributed by atoms with E-state index in [0.29, 0.717) is 0 Å². The molecule has 0 amide bonds. The molecule has 0 aliphatic rings. The molecule has 0 atom stereocenters. The van der Waals surface area contributed by atoms with Crippen LogP contribution in [0.1, 0.15) is 5.56 Å². The Morgan fingerprint density at radius 3 is 1.62 bits per heavy atom. The molecule has 2 aromatic carbocycles. The van der Waals surface area contributed by atoms with Gasteiger partial charge in [0.05, 0.1) is 4.90 Å². The Morgan fingerprint density at radius 1 is 0.714 bits per heavy atom. The minimum absolute atomic E-state index is 0.123. The maximum atomic E-state index is 13.6. The summed E-state index contributed by atoms with van der Waals surface area (Å²) in [5.41, 5.74) is 0.238. The Balaban J connectivity index is 2.50. The number of benzene rings is 2. The van der Waals surface area contributed by atoms with Crippen molar-refractivity contribution in [3.63, 3.8) is 0 Å². The van der Waals surface area contributed by atoms with Gasteiger partial charge in [0.2, 0.25) is 5.82 Å². The van der Waals surface area contributed by atoms with E-state index in [1.54, 1.807) is 18.2 Å². The topological polar surface area (TPSA) is 0 Å². The lowest BCUT2D eigenvalue weighted by Crippen LogP contribution is -2.09. The Morgan fingerprint density at radius 2 is 1.14 bits per heavy atom. The Bertz CT molecular complexity index is 647. The van der Waals surface area contributed by atoms with Crippen molar-refractivity contribution < 1.29 is 22.0 Å². The van der Waals surface area contributed by atoms with E-state index in [0.717, 1.165) is 0 Å². The molecule has 21 heavy (non-hydrogen) atoms. The van der Waals surface area contributed by atoms with E-state index < -0.39 is 37.6 Å². The van der Waals surface area contributed by atoms with Crippen LogP contribution >= 0.6 is 35.0 Å². The minimum atomic E-state index is -2.23. The first-order valence-corrected chi connectivity index (χ1v) is 6.96. The van der Waals surface area contributed by atoms with E-state index >= 15 is 0 Å². The third-order valence-corrected chi connectivity index (χ3v) is 4.46. The lowest BCUT2D eigenvalue weighted by molar-refractivity contribution is 0.361. The Kier molecular flexibility index (Phi) is 4.70. The average Bonchev–Trinajstić information content (AvgIpc) is 2.48. The van der Waals surface area contributed by atoms with Gasteiger partial charge in [-0.25, -0.2) is 22.0 Å². The normalized spacial score (nSPS) is 11.8. The van der Waals surface area contributed by atoms with Gasteiger partial charge in [0.25, 0.3) is 0 Å². The Labute approximate surface area is 130 Å². The van der Waals surface area contributed by atoms with Gasteiger partial charge in [0, 0.05) is 0 Å². The number of hydrogen-bond acceptors (Lipinski definition) is 1. The molecule has 0 saturated carbocycles. The van der Waals surface area contributed by atoms with Gasteiger partial charge >= 0.3 is 0 Å². The van der Waals surface area contributed by atoms with E-state index in [1.807, 2.05) is 0 Å². The number of halogens is 7. The predicted molar refractivity (Wildman–Crippen MR) is 71.9 cm³/mol. The summed E-state index contributed by atoms with van der Waals surface area (Å²) in [7, 11) is 0. The van der Waals surface area contributed by atoms with Gasteiger partial charge in [-0.2, -0.15) is 0 Å². The maximum absolute atomic E-state index is 13.6. The van der Waals surface area contributed by atoms with E-state index in [9.17, 15) is 22.0 Å². The molecule has 0 saturated heterocycles. The molecule has 0 fully saturated rings. The Hall–Kier alpha value is -0.980. The molecule has 0 N–H and O–H groups in total. The van der Waals surface area contributed by atoms with E-state index in [1.165, 1.54) is 12.1 Å². The zero-order chi connectivity index (χ0) is 15.8. The molecule has 112 valence electrons. The first kappa shape index (κ1) is 16.4. The second-order valence-electron chi connectivity index (χ2n) is 3.88. The molecule has 0 aromatic heterocycles. The summed E-state index contributed by atoms with van der Waals surface area (Å²) in [6.07, 6.45) is 0. The monoisotopic (exact) mass is 358 g/mol. The summed E-state index contributed by atoms with van der Waals surface area (Å²) >= 11 is 12.0. The first-order valence-electron chi connectivity index (χ1n) is 5.39. The predicted octanol–water partition coefficient (Wildman–Crippen LogP) is 5.76. The summed E-state index contributed by atoms with van der Waals surface area (Å²) in [6.45, 7) is 0. The molecule has 0 bridgehead atoms. The van der Waals surface area contributed by atoms with Crippen molar-refractivity contribution in [2.75, 3.05) is 0 Å². The quantitative estimate of drug-likeness (QED) is 0.221. The summed E-state index contributed by atoms with van der Waals surface area (Å²) in [4.78, 5) is -1.14. The number of hydrogen-bond donors (Lipinski definition) is 0. The van der Waals surface area contributed by atoms with Crippen LogP contribution in [0.4, 0.5) is 22.0 Å². The molecule has 0 aliphatic heterocycles. The molecule has 2 aromatic rings. The smallest absolute Gasteiger partial charge is 0.200 e. The van der Waals surface area contributed by atoms with Crippen molar-refractivity contribution >= 4 is 35.0 Å². The highest BCUT2D eigenvalue weighted by molar-refractivity contribution is 8.02. The van der Waals surface area contributed by atoms with Crippen LogP contribution in [0, 0.1) is 29.1 Å². The third kappa shape index (κ3) is 3.12. The highest BCUT2D eigenvalue weighted by atomic mass is 35.5. The highest BCUT2D eigenvalue weighted by Gasteiger charge is 2.34. The summed E-state index contributed by atoms with van der Waals surface area (Å²) in [5, 5.41) is 0. The van der Waals surface area contributed by atoms with Crippen LogP contribution in [-0.2, 0) is 3.67 Å². The van der Waals surface area contributed by atoms with Crippen LogP contribution in [0.2, 0.25) is 0 Å². The standard InChI is InChI=1S/C13H5Cl2F5S/c14-13(15,6-4-2-1-3-5-6)21-12-10(19)8(17)7(16)9(18)11(12)20/h1-5H. The van der Waals surface area contributed by atoms with Gasteiger partial charge in [0.15, 0.2) is 26.9 Å². The zero-order valence-electron chi connectivity index (χ0n) is 9.94. The summed E-state index contributed by atoms with van der Waals surface area (Å²) < 4.78 is 64.5. The van der Waals surface area contributed by atoms with Crippen LogP contribution in [0.25, 0.3) is 0 Å². The molecular formula is C13H5Cl2F5S. The third-order valence-electron chi connectivity index (χ3n) is 2.51. The average molecular weight is 359 g/mol. The summed E-state index contributed by atoms with van der Waals surface area (Å²) in [5.74, 6) is -10.3. The van der Waals surface area contributed by atoms with Crippen LogP contribution in [0.3, 0.4) is 0 Å². The minimum Gasteiger partial charge on any atom is -0.202 e. The lowest BCUT2D eigenvalue weighted by atomic mass is 10.2. The number of alkyl halides is 2. The van der Waals surface area contributed by atoms with Crippen LogP contribution in [-0.4, -0.2) is 0 Å². The lowest BCUT2D eigenvalue weighted by Gasteiger charge is -2.20. The molecule has 0 radical (unpaired) electrons.